The molecular weight excluding hydrogens is 330 g/mol. The molecule has 0 saturated carbocycles. The second-order valence-corrected chi connectivity index (χ2v) is 7.20. The smallest absolute Gasteiger partial charge is 0.134 e. The zero-order valence-corrected chi connectivity index (χ0v) is 15.9. The van der Waals surface area contributed by atoms with Crippen LogP contribution in [-0.2, 0) is 17.7 Å². The topological polar surface area (TPSA) is 70.6 Å². The van der Waals surface area contributed by atoms with E-state index in [1.54, 1.807) is 0 Å². The Balaban J connectivity index is 1.63. The molecule has 6 heteroatoms. The summed E-state index contributed by atoms with van der Waals surface area (Å²) in [5.41, 5.74) is 2.26. The molecule has 1 atom stereocenters. The van der Waals surface area contributed by atoms with E-state index in [2.05, 4.69) is 21.8 Å². The molecule has 6 nitrogen and oxygen atoms in total. The van der Waals surface area contributed by atoms with Crippen molar-refractivity contribution in [2.24, 2.45) is 0 Å². The standard InChI is InChI=1S/C20H29N3O3/c1-4-19-21-16(3)18(22-19)11-23-9-10-25-13-20(24,12-23)14-26-17-7-5-15(2)6-8-17/h5-8,24H,4,9-14H2,1-3H3,(H,21,22)/t20-/m1/s1. The summed E-state index contributed by atoms with van der Waals surface area (Å²) in [6.45, 7) is 9.19. The largest absolute Gasteiger partial charge is 0.490 e. The van der Waals surface area contributed by atoms with Crippen LogP contribution in [0.5, 0.6) is 5.75 Å². The fraction of sp³-hybridized carbons (Fsp3) is 0.550. The summed E-state index contributed by atoms with van der Waals surface area (Å²) in [6, 6.07) is 7.85. The fourth-order valence-corrected chi connectivity index (χ4v) is 3.17. The summed E-state index contributed by atoms with van der Waals surface area (Å²) in [5, 5.41) is 11.0. The van der Waals surface area contributed by atoms with Crippen molar-refractivity contribution in [3.63, 3.8) is 0 Å². The lowest BCUT2D eigenvalue weighted by Gasteiger charge is -2.30. The normalized spacial score (nSPS) is 21.5. The van der Waals surface area contributed by atoms with E-state index in [9.17, 15) is 5.11 Å². The first-order chi connectivity index (χ1) is 12.5. The Hall–Kier alpha value is -1.89. The van der Waals surface area contributed by atoms with Gasteiger partial charge in [0, 0.05) is 31.7 Å². The molecule has 2 N–H and O–H groups in total. The van der Waals surface area contributed by atoms with E-state index in [4.69, 9.17) is 9.47 Å². The molecule has 1 aromatic carbocycles. The van der Waals surface area contributed by atoms with Crippen molar-refractivity contribution in [2.45, 2.75) is 39.3 Å². The van der Waals surface area contributed by atoms with Gasteiger partial charge < -0.3 is 19.6 Å². The second-order valence-electron chi connectivity index (χ2n) is 7.20. The highest BCUT2D eigenvalue weighted by molar-refractivity contribution is 5.26. The minimum Gasteiger partial charge on any atom is -0.490 e. The fourth-order valence-electron chi connectivity index (χ4n) is 3.17. The van der Waals surface area contributed by atoms with Crippen LogP contribution >= 0.6 is 0 Å². The van der Waals surface area contributed by atoms with E-state index in [0.29, 0.717) is 19.7 Å². The lowest BCUT2D eigenvalue weighted by molar-refractivity contribution is -0.0647. The minimum absolute atomic E-state index is 0.201. The molecule has 142 valence electrons. The molecule has 0 spiro atoms. The first kappa shape index (κ1) is 18.9. The van der Waals surface area contributed by atoms with Crippen molar-refractivity contribution >= 4 is 0 Å². The van der Waals surface area contributed by atoms with Crippen molar-refractivity contribution in [1.82, 2.24) is 14.9 Å². The van der Waals surface area contributed by atoms with Crippen LogP contribution in [0, 0.1) is 13.8 Å². The van der Waals surface area contributed by atoms with Gasteiger partial charge in [-0.3, -0.25) is 4.90 Å². The maximum Gasteiger partial charge on any atom is 0.134 e. The van der Waals surface area contributed by atoms with Crippen LogP contribution in [0.2, 0.25) is 0 Å². The Morgan fingerprint density at radius 3 is 2.77 bits per heavy atom. The summed E-state index contributed by atoms with van der Waals surface area (Å²) < 4.78 is 11.5. The second kappa shape index (κ2) is 8.20. The molecule has 2 aromatic rings. The third-order valence-electron chi connectivity index (χ3n) is 4.71. The molecule has 1 aromatic heterocycles. The van der Waals surface area contributed by atoms with Crippen LogP contribution in [-0.4, -0.2) is 58.5 Å². The first-order valence-corrected chi connectivity index (χ1v) is 9.24. The number of ether oxygens (including phenoxy) is 2. The number of H-pyrrole nitrogens is 1. The van der Waals surface area contributed by atoms with Gasteiger partial charge in [0.1, 0.15) is 23.8 Å². The molecule has 3 rings (SSSR count). The van der Waals surface area contributed by atoms with Gasteiger partial charge in [0.2, 0.25) is 0 Å². The van der Waals surface area contributed by atoms with Crippen molar-refractivity contribution in [3.8, 4) is 5.75 Å². The van der Waals surface area contributed by atoms with Gasteiger partial charge in [0.05, 0.1) is 18.9 Å². The molecule has 2 heterocycles. The zero-order chi connectivity index (χ0) is 18.6. The minimum atomic E-state index is -1.04. The monoisotopic (exact) mass is 359 g/mol. The first-order valence-electron chi connectivity index (χ1n) is 9.24. The van der Waals surface area contributed by atoms with Gasteiger partial charge in [-0.05, 0) is 26.0 Å². The lowest BCUT2D eigenvalue weighted by atomic mass is 10.1. The number of aromatic nitrogens is 2. The molecule has 0 amide bonds. The van der Waals surface area contributed by atoms with Gasteiger partial charge >= 0.3 is 0 Å². The summed E-state index contributed by atoms with van der Waals surface area (Å²) in [5.74, 6) is 1.76. The summed E-state index contributed by atoms with van der Waals surface area (Å²) in [6.07, 6.45) is 0.887. The molecule has 26 heavy (non-hydrogen) atoms. The molecular formula is C20H29N3O3. The van der Waals surface area contributed by atoms with Crippen LogP contribution in [0.25, 0.3) is 0 Å². The molecule has 0 bridgehead atoms. The summed E-state index contributed by atoms with van der Waals surface area (Å²) >= 11 is 0. The third-order valence-corrected chi connectivity index (χ3v) is 4.71. The van der Waals surface area contributed by atoms with Gasteiger partial charge in [-0.2, -0.15) is 0 Å². The zero-order valence-electron chi connectivity index (χ0n) is 15.9. The maximum atomic E-state index is 11.0. The van der Waals surface area contributed by atoms with Crippen molar-refractivity contribution in [3.05, 3.63) is 47.0 Å². The van der Waals surface area contributed by atoms with Gasteiger partial charge in [-0.1, -0.05) is 24.6 Å². The number of aliphatic hydroxyl groups is 1. The molecule has 0 unspecified atom stereocenters. The third kappa shape index (κ3) is 4.84. The van der Waals surface area contributed by atoms with Crippen LogP contribution in [0.15, 0.2) is 24.3 Å². The Bertz CT molecular complexity index is 714. The van der Waals surface area contributed by atoms with Gasteiger partial charge in [0.25, 0.3) is 0 Å². The molecule has 1 fully saturated rings. The number of aryl methyl sites for hydroxylation is 3. The van der Waals surface area contributed by atoms with Crippen molar-refractivity contribution in [1.29, 1.82) is 0 Å². The number of aromatic amines is 1. The lowest BCUT2D eigenvalue weighted by Crippen LogP contribution is -2.48. The highest BCUT2D eigenvalue weighted by Gasteiger charge is 2.34. The van der Waals surface area contributed by atoms with E-state index < -0.39 is 5.60 Å². The van der Waals surface area contributed by atoms with Crippen LogP contribution in [0.4, 0.5) is 0 Å². The van der Waals surface area contributed by atoms with E-state index in [-0.39, 0.29) is 13.2 Å². The van der Waals surface area contributed by atoms with E-state index >= 15 is 0 Å². The molecule has 1 saturated heterocycles. The molecule has 1 aliphatic rings. The summed E-state index contributed by atoms with van der Waals surface area (Å²) in [7, 11) is 0. The van der Waals surface area contributed by atoms with E-state index in [1.807, 2.05) is 38.1 Å². The predicted octanol–water partition coefficient (Wildman–Crippen LogP) is 2.23. The average molecular weight is 359 g/mol. The molecule has 0 aliphatic carbocycles. The number of hydrogen-bond acceptors (Lipinski definition) is 5. The number of imidazole rings is 1. The Labute approximate surface area is 155 Å². The average Bonchev–Trinajstić information content (AvgIpc) is 2.86. The van der Waals surface area contributed by atoms with E-state index in [0.717, 1.165) is 35.9 Å². The predicted molar refractivity (Wildman–Crippen MR) is 100 cm³/mol. The highest BCUT2D eigenvalue weighted by atomic mass is 16.5. The Morgan fingerprint density at radius 2 is 2.08 bits per heavy atom. The quantitative estimate of drug-likeness (QED) is 0.828. The maximum absolute atomic E-state index is 11.0. The Kier molecular flexibility index (Phi) is 5.96. The SMILES string of the molecule is CCc1nc(CN2CCOC[C@@](O)(COc3ccc(C)cc3)C2)c(C)[nH]1. The molecule has 0 radical (unpaired) electrons. The van der Waals surface area contributed by atoms with Crippen LogP contribution in [0.1, 0.15) is 29.7 Å². The van der Waals surface area contributed by atoms with Crippen LogP contribution in [0.3, 0.4) is 0 Å². The highest BCUT2D eigenvalue weighted by Crippen LogP contribution is 2.19. The number of rotatable bonds is 6. The number of nitrogens with one attached hydrogen (secondary N) is 1. The number of hydrogen-bond donors (Lipinski definition) is 2. The van der Waals surface area contributed by atoms with Gasteiger partial charge in [-0.15, -0.1) is 0 Å². The number of β-amino-alcohol motifs (C(OH)–C–C–N with tert-alkyl or cyclic N) is 1. The van der Waals surface area contributed by atoms with Crippen LogP contribution < -0.4 is 4.74 Å². The summed E-state index contributed by atoms with van der Waals surface area (Å²) in [4.78, 5) is 10.2. The number of nitrogens with zero attached hydrogens (tertiary/aromatic N) is 2. The van der Waals surface area contributed by atoms with Gasteiger partial charge in [0.15, 0.2) is 0 Å². The van der Waals surface area contributed by atoms with E-state index in [1.165, 1.54) is 5.56 Å². The number of benzene rings is 1. The molecule has 1 aliphatic heterocycles. The van der Waals surface area contributed by atoms with Gasteiger partial charge in [-0.25, -0.2) is 4.98 Å². The van der Waals surface area contributed by atoms with Crippen molar-refractivity contribution in [2.75, 3.05) is 32.9 Å². The Morgan fingerprint density at radius 1 is 1.31 bits per heavy atom. The van der Waals surface area contributed by atoms with Crippen molar-refractivity contribution < 1.29 is 14.6 Å².